The van der Waals surface area contributed by atoms with Gasteiger partial charge in [0, 0.05) is 32.3 Å². The van der Waals surface area contributed by atoms with Crippen molar-refractivity contribution in [1.82, 2.24) is 4.90 Å². The Labute approximate surface area is 121 Å². The van der Waals surface area contributed by atoms with Crippen molar-refractivity contribution in [3.8, 4) is 11.5 Å². The Morgan fingerprint density at radius 3 is 2.43 bits per heavy atom. The average molecular weight is 289 g/mol. The van der Waals surface area contributed by atoms with Crippen molar-refractivity contribution >= 4 is 17.6 Å². The van der Waals surface area contributed by atoms with Gasteiger partial charge in [-0.15, -0.1) is 0 Å². The molecule has 1 fully saturated rings. The third kappa shape index (κ3) is 2.49. The molecule has 6 heteroatoms. The van der Waals surface area contributed by atoms with Crippen LogP contribution in [0.2, 0.25) is 0 Å². The molecule has 0 saturated carbocycles. The van der Waals surface area contributed by atoms with Gasteiger partial charge in [0.05, 0.1) is 6.54 Å². The first-order valence-corrected chi connectivity index (χ1v) is 6.74. The largest absolute Gasteiger partial charge is 0.449 e. The van der Waals surface area contributed by atoms with E-state index in [-0.39, 0.29) is 37.0 Å². The standard InChI is InChI=1S/C15H15NO5/c1-15(2)20-11-4-3-9(7-12(11)21-15)10(17)8-16-13(18)5-6-14(16)19/h3-4,7H,5-6,8H2,1-2H3. The van der Waals surface area contributed by atoms with Gasteiger partial charge in [-0.1, -0.05) is 0 Å². The number of ether oxygens (including phenoxy) is 2. The molecule has 110 valence electrons. The molecule has 2 amide bonds. The lowest BCUT2D eigenvalue weighted by atomic mass is 10.1. The molecule has 1 aromatic rings. The van der Waals surface area contributed by atoms with Crippen molar-refractivity contribution < 1.29 is 23.9 Å². The molecule has 0 atom stereocenters. The minimum absolute atomic E-state index is 0.182. The van der Waals surface area contributed by atoms with Crippen LogP contribution in [0.4, 0.5) is 0 Å². The SMILES string of the molecule is CC1(C)Oc2ccc(C(=O)CN3C(=O)CCC3=O)cc2O1. The molecule has 3 rings (SSSR count). The molecule has 2 aliphatic rings. The molecule has 2 heterocycles. The number of amides is 2. The Kier molecular flexibility index (Phi) is 2.97. The molecule has 0 radical (unpaired) electrons. The van der Waals surface area contributed by atoms with Gasteiger partial charge in [-0.2, -0.15) is 0 Å². The maximum Gasteiger partial charge on any atom is 0.246 e. The predicted molar refractivity (Wildman–Crippen MR) is 72.1 cm³/mol. The fraction of sp³-hybridized carbons (Fsp3) is 0.400. The maximum atomic E-state index is 12.2. The number of Topliss-reactive ketones (excluding diaryl/α,β-unsaturated/α-hetero) is 1. The Morgan fingerprint density at radius 1 is 1.14 bits per heavy atom. The molecule has 0 aliphatic carbocycles. The Bertz CT molecular complexity index is 633. The number of carbonyl (C=O) groups excluding carboxylic acids is 3. The van der Waals surface area contributed by atoms with Gasteiger partial charge in [0.25, 0.3) is 0 Å². The van der Waals surface area contributed by atoms with Crippen LogP contribution < -0.4 is 9.47 Å². The van der Waals surface area contributed by atoms with Crippen molar-refractivity contribution in [2.24, 2.45) is 0 Å². The van der Waals surface area contributed by atoms with E-state index in [0.29, 0.717) is 17.1 Å². The van der Waals surface area contributed by atoms with Gasteiger partial charge in [-0.25, -0.2) is 0 Å². The van der Waals surface area contributed by atoms with Gasteiger partial charge in [-0.3, -0.25) is 19.3 Å². The summed E-state index contributed by atoms with van der Waals surface area (Å²) in [7, 11) is 0. The van der Waals surface area contributed by atoms with E-state index in [1.54, 1.807) is 32.0 Å². The summed E-state index contributed by atoms with van der Waals surface area (Å²) in [5.74, 6) is -0.583. The quantitative estimate of drug-likeness (QED) is 0.623. The lowest BCUT2D eigenvalue weighted by Gasteiger charge is -2.16. The van der Waals surface area contributed by atoms with Gasteiger partial charge in [-0.05, 0) is 18.2 Å². The number of hydrogen-bond acceptors (Lipinski definition) is 5. The van der Waals surface area contributed by atoms with Crippen molar-refractivity contribution in [2.45, 2.75) is 32.5 Å². The number of fused-ring (bicyclic) bond motifs is 1. The van der Waals surface area contributed by atoms with Crippen LogP contribution in [0.15, 0.2) is 18.2 Å². The highest BCUT2D eigenvalue weighted by molar-refractivity contribution is 6.08. The minimum atomic E-state index is -0.759. The smallest absolute Gasteiger partial charge is 0.246 e. The minimum Gasteiger partial charge on any atom is -0.449 e. The van der Waals surface area contributed by atoms with Gasteiger partial charge >= 0.3 is 0 Å². The number of hydrogen-bond donors (Lipinski definition) is 0. The summed E-state index contributed by atoms with van der Waals surface area (Å²) < 4.78 is 11.1. The summed E-state index contributed by atoms with van der Waals surface area (Å²) in [6, 6.07) is 4.85. The number of rotatable bonds is 3. The van der Waals surface area contributed by atoms with E-state index in [4.69, 9.17) is 9.47 Å². The van der Waals surface area contributed by atoms with Gasteiger partial charge < -0.3 is 9.47 Å². The summed E-state index contributed by atoms with van der Waals surface area (Å²) in [5, 5.41) is 0. The van der Waals surface area contributed by atoms with Crippen LogP contribution in [0.25, 0.3) is 0 Å². The summed E-state index contributed by atoms with van der Waals surface area (Å²) in [6.45, 7) is 3.33. The summed E-state index contributed by atoms with van der Waals surface area (Å²) in [5.41, 5.74) is 0.391. The van der Waals surface area contributed by atoms with Crippen molar-refractivity contribution in [3.05, 3.63) is 23.8 Å². The molecule has 6 nitrogen and oxygen atoms in total. The number of carbonyl (C=O) groups is 3. The van der Waals surface area contributed by atoms with Crippen LogP contribution in [0.5, 0.6) is 11.5 Å². The first-order valence-electron chi connectivity index (χ1n) is 6.74. The van der Waals surface area contributed by atoms with Crippen LogP contribution in [-0.2, 0) is 9.59 Å². The zero-order valence-electron chi connectivity index (χ0n) is 11.8. The first kappa shape index (κ1) is 13.6. The third-order valence-electron chi connectivity index (χ3n) is 3.43. The number of likely N-dealkylation sites (tertiary alicyclic amines) is 1. The normalized spacial score (nSPS) is 19.2. The number of ketones is 1. The second-order valence-corrected chi connectivity index (χ2v) is 5.56. The predicted octanol–water partition coefficient (Wildman–Crippen LogP) is 1.53. The molecule has 0 spiro atoms. The highest BCUT2D eigenvalue weighted by atomic mass is 16.7. The number of benzene rings is 1. The van der Waals surface area contributed by atoms with Crippen molar-refractivity contribution in [1.29, 1.82) is 0 Å². The summed E-state index contributed by atoms with van der Waals surface area (Å²) in [4.78, 5) is 36.3. The highest BCUT2D eigenvalue weighted by Crippen LogP contribution is 2.39. The monoisotopic (exact) mass is 289 g/mol. The van der Waals surface area contributed by atoms with Crippen LogP contribution in [0, 0.1) is 0 Å². The zero-order valence-corrected chi connectivity index (χ0v) is 11.8. The molecule has 0 bridgehead atoms. The van der Waals surface area contributed by atoms with E-state index in [2.05, 4.69) is 0 Å². The van der Waals surface area contributed by atoms with E-state index in [1.807, 2.05) is 0 Å². The van der Waals surface area contributed by atoms with Crippen LogP contribution >= 0.6 is 0 Å². The van der Waals surface area contributed by atoms with Crippen molar-refractivity contribution in [2.75, 3.05) is 6.54 Å². The molecule has 0 N–H and O–H groups in total. The lowest BCUT2D eigenvalue weighted by Crippen LogP contribution is -2.34. The fourth-order valence-corrected chi connectivity index (χ4v) is 2.43. The number of imide groups is 1. The summed E-state index contributed by atoms with van der Waals surface area (Å²) in [6.07, 6.45) is 0.364. The van der Waals surface area contributed by atoms with Gasteiger partial charge in [0.2, 0.25) is 17.6 Å². The zero-order chi connectivity index (χ0) is 15.2. The Balaban J connectivity index is 1.78. The summed E-state index contributed by atoms with van der Waals surface area (Å²) >= 11 is 0. The fourth-order valence-electron chi connectivity index (χ4n) is 2.43. The van der Waals surface area contributed by atoms with Crippen molar-refractivity contribution in [3.63, 3.8) is 0 Å². The first-order chi connectivity index (χ1) is 9.85. The molecule has 21 heavy (non-hydrogen) atoms. The molecule has 0 unspecified atom stereocenters. The van der Waals surface area contributed by atoms with E-state index < -0.39 is 5.79 Å². The van der Waals surface area contributed by atoms with Crippen LogP contribution in [-0.4, -0.2) is 34.8 Å². The molecule has 0 aromatic heterocycles. The lowest BCUT2D eigenvalue weighted by molar-refractivity contribution is -0.137. The van der Waals surface area contributed by atoms with Crippen LogP contribution in [0.3, 0.4) is 0 Å². The Hall–Kier alpha value is -2.37. The third-order valence-corrected chi connectivity index (χ3v) is 3.43. The van der Waals surface area contributed by atoms with E-state index in [1.165, 1.54) is 0 Å². The highest BCUT2D eigenvalue weighted by Gasteiger charge is 2.33. The number of nitrogens with zero attached hydrogens (tertiary/aromatic N) is 1. The maximum absolute atomic E-state index is 12.2. The molecule has 2 aliphatic heterocycles. The van der Waals surface area contributed by atoms with Gasteiger partial charge in [0.1, 0.15) is 0 Å². The van der Waals surface area contributed by atoms with E-state index in [0.717, 1.165) is 4.90 Å². The average Bonchev–Trinajstić information content (AvgIpc) is 2.89. The molecule has 1 aromatic carbocycles. The van der Waals surface area contributed by atoms with E-state index in [9.17, 15) is 14.4 Å². The second kappa shape index (κ2) is 4.58. The topological polar surface area (TPSA) is 72.9 Å². The molecule has 1 saturated heterocycles. The second-order valence-electron chi connectivity index (χ2n) is 5.56. The van der Waals surface area contributed by atoms with Crippen LogP contribution in [0.1, 0.15) is 37.0 Å². The van der Waals surface area contributed by atoms with E-state index >= 15 is 0 Å². The molecular formula is C15H15NO5. The van der Waals surface area contributed by atoms with Gasteiger partial charge in [0.15, 0.2) is 17.3 Å². The Morgan fingerprint density at radius 2 is 1.76 bits per heavy atom. The molecular weight excluding hydrogens is 274 g/mol.